The molecule has 0 aromatic rings. The molecule has 1 aliphatic heterocycles. The van der Waals surface area contributed by atoms with Crippen molar-refractivity contribution >= 4 is 5.71 Å². The third-order valence-corrected chi connectivity index (χ3v) is 5.28. The number of rotatable bonds is 2. The second kappa shape index (κ2) is 4.82. The molecular weight excluding hydrogens is 226 g/mol. The van der Waals surface area contributed by atoms with Crippen LogP contribution in [0, 0.1) is 11.8 Å². The van der Waals surface area contributed by atoms with Gasteiger partial charge in [-0.1, -0.05) is 11.6 Å². The van der Waals surface area contributed by atoms with E-state index < -0.39 is 0 Å². The van der Waals surface area contributed by atoms with Gasteiger partial charge in [-0.25, -0.2) is 10.4 Å². The number of fused-ring (bicyclic) bond motifs is 2. The smallest absolute Gasteiger partial charge is 0.0787 e. The molecule has 3 aliphatic rings. The first-order chi connectivity index (χ1) is 8.70. The molecule has 2 saturated carbocycles. The highest BCUT2D eigenvalue weighted by Gasteiger charge is 2.46. The number of hydrazine groups is 1. The van der Waals surface area contributed by atoms with Gasteiger partial charge in [0.1, 0.15) is 0 Å². The van der Waals surface area contributed by atoms with Gasteiger partial charge in [-0.05, 0) is 51.9 Å². The first-order valence-electron chi connectivity index (χ1n) is 7.47. The Morgan fingerprint density at radius 2 is 1.89 bits per heavy atom. The number of piperidine rings is 1. The molecule has 102 valence electrons. The number of hydrogen-bond donors (Lipinski definition) is 2. The summed E-state index contributed by atoms with van der Waals surface area (Å²) in [5.41, 5.74) is 4.70. The Balaban J connectivity index is 1.72. The van der Waals surface area contributed by atoms with Crippen molar-refractivity contribution in [3.05, 3.63) is 0 Å². The van der Waals surface area contributed by atoms with Gasteiger partial charge in [0.25, 0.3) is 0 Å². The number of hydrogen-bond acceptors (Lipinski definition) is 4. The molecule has 2 aliphatic carbocycles. The van der Waals surface area contributed by atoms with Crippen LogP contribution in [-0.2, 0) is 0 Å². The summed E-state index contributed by atoms with van der Waals surface area (Å²) in [4.78, 5) is 0. The van der Waals surface area contributed by atoms with Crippen LogP contribution in [0.15, 0.2) is 5.16 Å². The summed E-state index contributed by atoms with van der Waals surface area (Å²) in [6.45, 7) is 4.59. The highest BCUT2D eigenvalue weighted by molar-refractivity contribution is 5.94. The average Bonchev–Trinajstić information content (AvgIpc) is 2.94. The van der Waals surface area contributed by atoms with Gasteiger partial charge in [-0.3, -0.25) is 0 Å². The van der Waals surface area contributed by atoms with E-state index in [4.69, 9.17) is 0 Å². The maximum Gasteiger partial charge on any atom is 0.0787 e. The quantitative estimate of drug-likeness (QED) is 0.585. The summed E-state index contributed by atoms with van der Waals surface area (Å²) in [6, 6.07) is 1.47. The van der Waals surface area contributed by atoms with Gasteiger partial charge in [-0.15, -0.1) is 0 Å². The average molecular weight is 251 g/mol. The van der Waals surface area contributed by atoms with Crippen LogP contribution < -0.4 is 5.43 Å². The summed E-state index contributed by atoms with van der Waals surface area (Å²) < 4.78 is 0. The lowest BCUT2D eigenvalue weighted by Crippen LogP contribution is -2.58. The number of nitrogens with zero attached hydrogens (tertiary/aromatic N) is 2. The summed E-state index contributed by atoms with van der Waals surface area (Å²) >= 11 is 0. The van der Waals surface area contributed by atoms with Crippen molar-refractivity contribution in [1.82, 2.24) is 10.4 Å². The maximum atomic E-state index is 9.25. The molecule has 1 heterocycles. The number of oxime groups is 1. The van der Waals surface area contributed by atoms with Crippen LogP contribution in [-0.4, -0.2) is 34.1 Å². The Labute approximate surface area is 109 Å². The van der Waals surface area contributed by atoms with E-state index in [0.717, 1.165) is 5.71 Å². The minimum absolute atomic E-state index is 0.289. The summed E-state index contributed by atoms with van der Waals surface area (Å²) in [5, 5.41) is 15.3. The topological polar surface area (TPSA) is 47.9 Å². The third-order valence-electron chi connectivity index (χ3n) is 5.28. The number of nitrogens with one attached hydrogen (secondary N) is 1. The van der Waals surface area contributed by atoms with Crippen LogP contribution in [0.3, 0.4) is 0 Å². The summed E-state index contributed by atoms with van der Waals surface area (Å²) in [6.07, 6.45) is 7.59. The fourth-order valence-corrected chi connectivity index (χ4v) is 4.23. The molecule has 4 heteroatoms. The van der Waals surface area contributed by atoms with Crippen molar-refractivity contribution in [1.29, 1.82) is 0 Å². The lowest BCUT2D eigenvalue weighted by Gasteiger charge is -2.42. The molecule has 3 rings (SSSR count). The monoisotopic (exact) mass is 251 g/mol. The Hall–Kier alpha value is -0.610. The van der Waals surface area contributed by atoms with Crippen LogP contribution in [0.1, 0.15) is 52.4 Å². The summed E-state index contributed by atoms with van der Waals surface area (Å²) in [7, 11) is 0. The Bertz CT molecular complexity index is 334. The summed E-state index contributed by atoms with van der Waals surface area (Å²) in [5.74, 6) is 1.22. The van der Waals surface area contributed by atoms with Crippen molar-refractivity contribution in [2.24, 2.45) is 17.0 Å². The molecule has 0 unspecified atom stereocenters. The van der Waals surface area contributed by atoms with Crippen molar-refractivity contribution in [2.75, 3.05) is 0 Å². The molecule has 0 amide bonds. The Morgan fingerprint density at radius 1 is 1.17 bits per heavy atom. The minimum atomic E-state index is 0.289. The van der Waals surface area contributed by atoms with Gasteiger partial charge in [-0.2, -0.15) is 0 Å². The van der Waals surface area contributed by atoms with Gasteiger partial charge in [0.05, 0.1) is 11.8 Å². The van der Waals surface area contributed by atoms with Crippen LogP contribution >= 0.6 is 0 Å². The van der Waals surface area contributed by atoms with Gasteiger partial charge < -0.3 is 5.21 Å². The first kappa shape index (κ1) is 12.4. The molecule has 1 saturated heterocycles. The fraction of sp³-hybridized carbons (Fsp3) is 0.929. The van der Waals surface area contributed by atoms with Crippen LogP contribution in [0.5, 0.6) is 0 Å². The van der Waals surface area contributed by atoms with Crippen LogP contribution in [0.2, 0.25) is 0 Å². The van der Waals surface area contributed by atoms with E-state index in [2.05, 4.69) is 29.4 Å². The van der Waals surface area contributed by atoms with Crippen molar-refractivity contribution < 1.29 is 5.21 Å². The normalized spacial score (nSPS) is 47.0. The molecule has 0 spiro atoms. The van der Waals surface area contributed by atoms with Crippen molar-refractivity contribution in [2.45, 2.75) is 70.5 Å². The predicted octanol–water partition coefficient (Wildman–Crippen LogP) is 2.38. The van der Waals surface area contributed by atoms with Crippen molar-refractivity contribution in [3.63, 3.8) is 0 Å². The second-order valence-electron chi connectivity index (χ2n) is 6.44. The Morgan fingerprint density at radius 3 is 2.56 bits per heavy atom. The van der Waals surface area contributed by atoms with E-state index in [-0.39, 0.29) is 6.04 Å². The maximum absolute atomic E-state index is 9.25. The zero-order valence-corrected chi connectivity index (χ0v) is 11.5. The molecule has 2 N–H and O–H groups in total. The molecule has 0 aromatic carbocycles. The molecule has 0 radical (unpaired) electrons. The predicted molar refractivity (Wildman–Crippen MR) is 71.6 cm³/mol. The zero-order valence-electron chi connectivity index (χ0n) is 11.5. The second-order valence-corrected chi connectivity index (χ2v) is 6.44. The van der Waals surface area contributed by atoms with Crippen LogP contribution in [0.25, 0.3) is 0 Å². The van der Waals surface area contributed by atoms with Gasteiger partial charge in [0, 0.05) is 18.0 Å². The van der Waals surface area contributed by atoms with E-state index in [1.807, 2.05) is 0 Å². The van der Waals surface area contributed by atoms with Crippen LogP contribution in [0.4, 0.5) is 0 Å². The van der Waals surface area contributed by atoms with Crippen molar-refractivity contribution in [3.8, 4) is 0 Å². The van der Waals surface area contributed by atoms with E-state index >= 15 is 0 Å². The zero-order chi connectivity index (χ0) is 12.7. The molecule has 3 fully saturated rings. The van der Waals surface area contributed by atoms with E-state index in [1.165, 1.54) is 38.5 Å². The molecular formula is C14H25N3O. The SMILES string of the molecule is C[C@H]1CCC[C@H](C)N1N[C@H]1/C(=N/O)[C@H]2CC[C@@H]1C2. The largest absolute Gasteiger partial charge is 0.411 e. The highest BCUT2D eigenvalue weighted by atomic mass is 16.4. The van der Waals surface area contributed by atoms with E-state index in [1.54, 1.807) is 0 Å². The fourth-order valence-electron chi connectivity index (χ4n) is 4.23. The lowest BCUT2D eigenvalue weighted by molar-refractivity contribution is 0.0318. The van der Waals surface area contributed by atoms with Gasteiger partial charge in [0.15, 0.2) is 0 Å². The lowest BCUT2D eigenvalue weighted by atomic mass is 9.93. The van der Waals surface area contributed by atoms with Gasteiger partial charge >= 0.3 is 0 Å². The minimum Gasteiger partial charge on any atom is -0.411 e. The van der Waals surface area contributed by atoms with E-state index in [9.17, 15) is 5.21 Å². The molecule has 0 aromatic heterocycles. The molecule has 2 bridgehead atoms. The molecule has 5 atom stereocenters. The third kappa shape index (κ3) is 1.95. The van der Waals surface area contributed by atoms with Gasteiger partial charge in [0.2, 0.25) is 0 Å². The standard InChI is InChI=1S/C14H25N3O/c1-9-4-3-5-10(2)17(9)15-13-11-6-7-12(8-11)14(13)16-18/h9-13,15,18H,3-8H2,1-2H3/b16-14+/t9-,10-,11+,12-,13+/m0/s1. The Kier molecular flexibility index (Phi) is 3.32. The molecule has 18 heavy (non-hydrogen) atoms. The molecule has 4 nitrogen and oxygen atoms in total. The van der Waals surface area contributed by atoms with E-state index in [0.29, 0.717) is 23.9 Å². The first-order valence-corrected chi connectivity index (χ1v) is 7.47. The highest BCUT2D eigenvalue weighted by Crippen LogP contribution is 2.43.